The first-order chi connectivity index (χ1) is 9.31. The van der Waals surface area contributed by atoms with E-state index in [1.807, 2.05) is 4.90 Å². The molecule has 1 aliphatic rings. The number of terminal acetylenes is 1. The van der Waals surface area contributed by atoms with Crippen molar-refractivity contribution in [1.29, 1.82) is 0 Å². The molecule has 5 heteroatoms. The Kier molecular flexibility index (Phi) is 4.87. The third kappa shape index (κ3) is 3.76. The summed E-state index contributed by atoms with van der Waals surface area (Å²) in [5.41, 5.74) is 0.396. The van der Waals surface area contributed by atoms with Crippen LogP contribution in [0.5, 0.6) is 0 Å². The van der Waals surface area contributed by atoms with Crippen LogP contribution in [0.2, 0.25) is 0 Å². The maximum absolute atomic E-state index is 12.2. The minimum absolute atomic E-state index is 0.0604. The first-order valence-corrected chi connectivity index (χ1v) is 6.37. The molecule has 0 radical (unpaired) electrons. The highest BCUT2D eigenvalue weighted by Gasteiger charge is 2.25. The molecule has 2 heterocycles. The number of hydrogen-bond acceptors (Lipinski definition) is 4. The van der Waals surface area contributed by atoms with Gasteiger partial charge in [0.2, 0.25) is 0 Å². The van der Waals surface area contributed by atoms with Gasteiger partial charge in [-0.2, -0.15) is 0 Å². The van der Waals surface area contributed by atoms with E-state index < -0.39 is 0 Å². The highest BCUT2D eigenvalue weighted by Crippen LogP contribution is 2.18. The molecule has 1 aromatic heterocycles. The maximum atomic E-state index is 12.2. The fraction of sp³-hybridized carbons (Fsp3) is 0.500. The van der Waals surface area contributed by atoms with Crippen LogP contribution in [0.4, 0.5) is 0 Å². The van der Waals surface area contributed by atoms with Crippen LogP contribution < -0.4 is 0 Å². The molecule has 1 unspecified atom stereocenters. The third-order valence-electron chi connectivity index (χ3n) is 3.13. The number of hydrogen-bond donors (Lipinski definition) is 0. The van der Waals surface area contributed by atoms with E-state index in [-0.39, 0.29) is 5.91 Å². The molecule has 0 bridgehead atoms. The number of piperidine rings is 1. The Labute approximate surface area is 113 Å². The quantitative estimate of drug-likeness (QED) is 0.597. The average Bonchev–Trinajstić information content (AvgIpc) is 2.48. The smallest absolute Gasteiger partial charge is 0.274 e. The zero-order valence-electron chi connectivity index (χ0n) is 10.8. The van der Waals surface area contributed by atoms with Crippen molar-refractivity contribution in [2.24, 2.45) is 5.92 Å². The van der Waals surface area contributed by atoms with E-state index in [1.54, 1.807) is 6.20 Å². The fourth-order valence-corrected chi connectivity index (χ4v) is 2.24. The summed E-state index contributed by atoms with van der Waals surface area (Å²) in [6.07, 6.45) is 11.8. The molecular weight excluding hydrogens is 242 g/mol. The summed E-state index contributed by atoms with van der Waals surface area (Å²) in [5, 5.41) is 0. The number of amides is 1. The SMILES string of the molecule is C#CCOCC1CCCN(C(=O)c2cnccn2)C1. The molecule has 100 valence electrons. The van der Waals surface area contributed by atoms with Crippen molar-refractivity contribution < 1.29 is 9.53 Å². The van der Waals surface area contributed by atoms with Gasteiger partial charge in [0.05, 0.1) is 12.8 Å². The van der Waals surface area contributed by atoms with Crippen LogP contribution in [0.1, 0.15) is 23.3 Å². The molecule has 0 spiro atoms. The molecule has 1 aliphatic heterocycles. The Morgan fingerprint density at radius 2 is 2.47 bits per heavy atom. The molecule has 19 heavy (non-hydrogen) atoms. The molecule has 0 aliphatic carbocycles. The van der Waals surface area contributed by atoms with E-state index in [1.165, 1.54) is 12.4 Å². The third-order valence-corrected chi connectivity index (χ3v) is 3.13. The number of aromatic nitrogens is 2. The van der Waals surface area contributed by atoms with E-state index >= 15 is 0 Å². The average molecular weight is 259 g/mol. The van der Waals surface area contributed by atoms with E-state index in [9.17, 15) is 4.79 Å². The number of rotatable bonds is 4. The van der Waals surface area contributed by atoms with Crippen molar-refractivity contribution in [3.63, 3.8) is 0 Å². The van der Waals surface area contributed by atoms with Crippen molar-refractivity contribution in [1.82, 2.24) is 14.9 Å². The molecule has 0 aromatic carbocycles. The van der Waals surface area contributed by atoms with Crippen LogP contribution in [-0.4, -0.2) is 47.1 Å². The van der Waals surface area contributed by atoms with Gasteiger partial charge in [0.25, 0.3) is 5.91 Å². The van der Waals surface area contributed by atoms with Crippen molar-refractivity contribution >= 4 is 5.91 Å². The van der Waals surface area contributed by atoms with Crippen LogP contribution in [0.3, 0.4) is 0 Å². The number of carbonyl (C=O) groups is 1. The molecule has 1 saturated heterocycles. The molecule has 0 N–H and O–H groups in total. The zero-order valence-corrected chi connectivity index (χ0v) is 10.8. The summed E-state index contributed by atoms with van der Waals surface area (Å²) < 4.78 is 5.35. The van der Waals surface area contributed by atoms with Crippen LogP contribution in [0.25, 0.3) is 0 Å². The van der Waals surface area contributed by atoms with Crippen LogP contribution in [0, 0.1) is 18.3 Å². The van der Waals surface area contributed by atoms with Gasteiger partial charge in [0.1, 0.15) is 12.3 Å². The monoisotopic (exact) mass is 259 g/mol. The van der Waals surface area contributed by atoms with Crippen molar-refractivity contribution in [2.45, 2.75) is 12.8 Å². The van der Waals surface area contributed by atoms with Gasteiger partial charge in [-0.25, -0.2) is 4.98 Å². The first kappa shape index (κ1) is 13.5. The van der Waals surface area contributed by atoms with Crippen LogP contribution in [0.15, 0.2) is 18.6 Å². The van der Waals surface area contributed by atoms with Gasteiger partial charge in [-0.05, 0) is 12.8 Å². The molecule has 2 rings (SSSR count). The van der Waals surface area contributed by atoms with E-state index in [4.69, 9.17) is 11.2 Å². The highest BCUT2D eigenvalue weighted by molar-refractivity contribution is 5.92. The summed E-state index contributed by atoms with van der Waals surface area (Å²) >= 11 is 0. The van der Waals surface area contributed by atoms with Gasteiger partial charge < -0.3 is 9.64 Å². The number of ether oxygens (including phenoxy) is 1. The van der Waals surface area contributed by atoms with Gasteiger partial charge in [0, 0.05) is 31.4 Å². The van der Waals surface area contributed by atoms with Crippen LogP contribution in [-0.2, 0) is 4.74 Å². The predicted octanol–water partition coefficient (Wildman–Crippen LogP) is 0.979. The summed E-state index contributed by atoms with van der Waals surface area (Å²) in [7, 11) is 0. The summed E-state index contributed by atoms with van der Waals surface area (Å²) in [6, 6.07) is 0. The lowest BCUT2D eigenvalue weighted by Gasteiger charge is -2.32. The Morgan fingerprint density at radius 1 is 1.58 bits per heavy atom. The fourth-order valence-electron chi connectivity index (χ4n) is 2.24. The van der Waals surface area contributed by atoms with Gasteiger partial charge >= 0.3 is 0 Å². The largest absolute Gasteiger partial charge is 0.368 e. The lowest BCUT2D eigenvalue weighted by molar-refractivity contribution is 0.0529. The molecule has 0 saturated carbocycles. The topological polar surface area (TPSA) is 55.3 Å². The van der Waals surface area contributed by atoms with Crippen molar-refractivity contribution in [2.75, 3.05) is 26.3 Å². The Balaban J connectivity index is 1.90. The minimum Gasteiger partial charge on any atom is -0.368 e. The van der Waals surface area contributed by atoms with Gasteiger partial charge in [-0.3, -0.25) is 9.78 Å². The second-order valence-electron chi connectivity index (χ2n) is 4.57. The van der Waals surface area contributed by atoms with E-state index in [2.05, 4.69) is 15.9 Å². The normalized spacial score (nSPS) is 18.9. The van der Waals surface area contributed by atoms with Gasteiger partial charge in [-0.15, -0.1) is 6.42 Å². The molecule has 5 nitrogen and oxygen atoms in total. The lowest BCUT2D eigenvalue weighted by Crippen LogP contribution is -2.41. The number of carbonyl (C=O) groups excluding carboxylic acids is 1. The predicted molar refractivity (Wildman–Crippen MR) is 70.3 cm³/mol. The lowest BCUT2D eigenvalue weighted by atomic mass is 9.99. The van der Waals surface area contributed by atoms with Gasteiger partial charge in [0.15, 0.2) is 0 Å². The number of nitrogens with zero attached hydrogens (tertiary/aromatic N) is 3. The van der Waals surface area contributed by atoms with E-state index in [0.29, 0.717) is 31.4 Å². The zero-order chi connectivity index (χ0) is 13.5. The second-order valence-corrected chi connectivity index (χ2v) is 4.57. The van der Waals surface area contributed by atoms with Crippen molar-refractivity contribution in [3.8, 4) is 12.3 Å². The van der Waals surface area contributed by atoms with Crippen LogP contribution >= 0.6 is 0 Å². The maximum Gasteiger partial charge on any atom is 0.274 e. The Hall–Kier alpha value is -1.93. The van der Waals surface area contributed by atoms with Crippen molar-refractivity contribution in [3.05, 3.63) is 24.3 Å². The molecule has 1 fully saturated rings. The Bertz CT molecular complexity index is 456. The van der Waals surface area contributed by atoms with Gasteiger partial charge in [-0.1, -0.05) is 5.92 Å². The van der Waals surface area contributed by atoms with E-state index in [0.717, 1.165) is 19.4 Å². The minimum atomic E-state index is -0.0604. The molecule has 1 atom stereocenters. The molecular formula is C14H17N3O2. The summed E-state index contributed by atoms with van der Waals surface area (Å²) in [6.45, 7) is 2.39. The first-order valence-electron chi connectivity index (χ1n) is 6.37. The molecule has 1 amide bonds. The highest BCUT2D eigenvalue weighted by atomic mass is 16.5. The molecule has 1 aromatic rings. The summed E-state index contributed by atoms with van der Waals surface area (Å²) in [5.74, 6) is 2.74. The number of likely N-dealkylation sites (tertiary alicyclic amines) is 1. The summed E-state index contributed by atoms with van der Waals surface area (Å²) in [4.78, 5) is 22.0. The second kappa shape index (κ2) is 6.86. The standard InChI is InChI=1S/C14H17N3O2/c1-2-8-19-11-12-4-3-7-17(10-12)14(18)13-9-15-5-6-16-13/h1,5-6,9,12H,3-4,7-8,10-11H2. The Morgan fingerprint density at radius 3 is 3.21 bits per heavy atom.